The zero-order valence-electron chi connectivity index (χ0n) is 40.0. The molecule has 0 aromatic rings. The van der Waals surface area contributed by atoms with E-state index in [1.54, 1.807) is 0 Å². The lowest BCUT2D eigenvalue weighted by Crippen LogP contribution is -2.30. The van der Waals surface area contributed by atoms with Gasteiger partial charge in [-0.05, 0) is 64.2 Å². The number of allylic oxidation sites excluding steroid dienone is 6. The molecule has 60 heavy (non-hydrogen) atoms. The Bertz CT molecular complexity index is 1020. The third kappa shape index (κ3) is 46.7. The van der Waals surface area contributed by atoms with Gasteiger partial charge in [0.1, 0.15) is 13.2 Å². The van der Waals surface area contributed by atoms with E-state index in [9.17, 15) is 14.4 Å². The molecule has 0 rings (SSSR count). The highest BCUT2D eigenvalue weighted by Gasteiger charge is 2.19. The van der Waals surface area contributed by atoms with Crippen LogP contribution in [-0.4, -0.2) is 37.2 Å². The average molecular weight is 843 g/mol. The molecule has 0 aromatic heterocycles. The summed E-state index contributed by atoms with van der Waals surface area (Å²) in [5, 5.41) is 0. The number of unbranched alkanes of at least 4 members (excludes halogenated alkanes) is 31. The standard InChI is InChI=1S/C54H98O6/c1-4-7-10-13-16-19-22-24-26-28-29-32-35-38-41-44-47-53(56)59-50-51(49-58-52(55)46-43-40-37-34-31-21-18-15-12-9-6-3)60-54(57)48-45-42-39-36-33-30-27-25-23-20-17-14-11-8-5-2/h15,18,21,26,28,31,51H,4-14,16-17,19-20,22-25,27,29-30,32-50H2,1-3H3/b18-15-,28-26-,31-21-. The zero-order valence-corrected chi connectivity index (χ0v) is 40.0. The monoisotopic (exact) mass is 843 g/mol. The largest absolute Gasteiger partial charge is 0.462 e. The second-order valence-corrected chi connectivity index (χ2v) is 17.5. The summed E-state index contributed by atoms with van der Waals surface area (Å²) in [4.78, 5) is 37.9. The van der Waals surface area contributed by atoms with E-state index in [2.05, 4.69) is 57.2 Å². The van der Waals surface area contributed by atoms with Crippen LogP contribution >= 0.6 is 0 Å². The molecule has 350 valence electrons. The number of esters is 3. The second-order valence-electron chi connectivity index (χ2n) is 17.5. The van der Waals surface area contributed by atoms with Crippen molar-refractivity contribution in [1.82, 2.24) is 0 Å². The molecule has 0 N–H and O–H groups in total. The Balaban J connectivity index is 4.36. The molecule has 0 saturated carbocycles. The van der Waals surface area contributed by atoms with Crippen molar-refractivity contribution in [3.63, 3.8) is 0 Å². The molecule has 1 unspecified atom stereocenters. The Kier molecular flexibility index (Phi) is 47.3. The van der Waals surface area contributed by atoms with Crippen LogP contribution in [0.5, 0.6) is 0 Å². The first kappa shape index (κ1) is 57.6. The number of hydrogen-bond donors (Lipinski definition) is 0. The Morgan fingerprint density at radius 1 is 0.333 bits per heavy atom. The van der Waals surface area contributed by atoms with Crippen LogP contribution in [0, 0.1) is 0 Å². The molecular formula is C54H98O6. The normalized spacial score (nSPS) is 12.2. The van der Waals surface area contributed by atoms with E-state index in [0.717, 1.165) is 77.0 Å². The average Bonchev–Trinajstić information content (AvgIpc) is 3.24. The van der Waals surface area contributed by atoms with Crippen LogP contribution in [0.3, 0.4) is 0 Å². The third-order valence-electron chi connectivity index (χ3n) is 11.4. The molecule has 0 heterocycles. The van der Waals surface area contributed by atoms with Crippen LogP contribution in [0.25, 0.3) is 0 Å². The minimum atomic E-state index is -0.781. The Morgan fingerprint density at radius 2 is 0.617 bits per heavy atom. The van der Waals surface area contributed by atoms with Gasteiger partial charge in [0.2, 0.25) is 0 Å². The van der Waals surface area contributed by atoms with Crippen LogP contribution in [0.2, 0.25) is 0 Å². The first-order valence-electron chi connectivity index (χ1n) is 26.0. The van der Waals surface area contributed by atoms with Crippen molar-refractivity contribution in [1.29, 1.82) is 0 Å². The van der Waals surface area contributed by atoms with E-state index in [1.165, 1.54) is 154 Å². The molecule has 0 saturated heterocycles. The highest BCUT2D eigenvalue weighted by Crippen LogP contribution is 2.15. The van der Waals surface area contributed by atoms with E-state index in [-0.39, 0.29) is 31.1 Å². The number of rotatable bonds is 47. The van der Waals surface area contributed by atoms with Crippen LogP contribution in [0.4, 0.5) is 0 Å². The smallest absolute Gasteiger partial charge is 0.306 e. The molecule has 0 bridgehead atoms. The SMILES string of the molecule is CCCC/C=C\C=C/CCCCCC(=O)OCC(COC(=O)CCCCCCC/C=C\CCCCCCCCC)OC(=O)CCCCCCCCCCCCCCCCC. The molecule has 0 aromatic carbocycles. The summed E-state index contributed by atoms with van der Waals surface area (Å²) in [6.45, 7) is 6.57. The van der Waals surface area contributed by atoms with Gasteiger partial charge in [0, 0.05) is 19.3 Å². The fourth-order valence-corrected chi connectivity index (χ4v) is 7.41. The fraction of sp³-hybridized carbons (Fsp3) is 0.833. The number of carbonyl (C=O) groups is 3. The minimum absolute atomic E-state index is 0.0822. The van der Waals surface area contributed by atoms with Crippen LogP contribution < -0.4 is 0 Å². The van der Waals surface area contributed by atoms with Crippen molar-refractivity contribution >= 4 is 17.9 Å². The topological polar surface area (TPSA) is 78.9 Å². The van der Waals surface area contributed by atoms with Crippen molar-refractivity contribution in [3.05, 3.63) is 36.5 Å². The van der Waals surface area contributed by atoms with Crippen LogP contribution in [0.15, 0.2) is 36.5 Å². The molecule has 0 radical (unpaired) electrons. The Labute approximate surface area is 372 Å². The molecule has 0 aliphatic rings. The van der Waals surface area contributed by atoms with Crippen molar-refractivity contribution in [2.75, 3.05) is 13.2 Å². The van der Waals surface area contributed by atoms with E-state index in [4.69, 9.17) is 14.2 Å². The van der Waals surface area contributed by atoms with Gasteiger partial charge in [-0.2, -0.15) is 0 Å². The molecular weight excluding hydrogens is 745 g/mol. The lowest BCUT2D eigenvalue weighted by Gasteiger charge is -2.18. The van der Waals surface area contributed by atoms with Crippen molar-refractivity contribution in [2.45, 2.75) is 277 Å². The van der Waals surface area contributed by atoms with Gasteiger partial charge in [-0.1, -0.05) is 224 Å². The lowest BCUT2D eigenvalue weighted by atomic mass is 10.0. The van der Waals surface area contributed by atoms with Gasteiger partial charge in [-0.15, -0.1) is 0 Å². The van der Waals surface area contributed by atoms with Gasteiger partial charge in [-0.25, -0.2) is 0 Å². The maximum absolute atomic E-state index is 12.8. The Hall–Kier alpha value is -2.37. The maximum Gasteiger partial charge on any atom is 0.306 e. The van der Waals surface area contributed by atoms with E-state index in [0.29, 0.717) is 19.3 Å². The molecule has 0 aliphatic heterocycles. The quantitative estimate of drug-likeness (QED) is 0.0200. The van der Waals surface area contributed by atoms with Crippen molar-refractivity contribution in [2.24, 2.45) is 0 Å². The molecule has 1 atom stereocenters. The molecule has 0 fully saturated rings. The summed E-state index contributed by atoms with van der Waals surface area (Å²) in [6, 6.07) is 0. The number of ether oxygens (including phenoxy) is 3. The van der Waals surface area contributed by atoms with Gasteiger partial charge >= 0.3 is 17.9 Å². The summed E-state index contributed by atoms with van der Waals surface area (Å²) >= 11 is 0. The summed E-state index contributed by atoms with van der Waals surface area (Å²) in [5.74, 6) is -0.908. The van der Waals surface area contributed by atoms with E-state index < -0.39 is 6.10 Å². The van der Waals surface area contributed by atoms with Crippen LogP contribution in [0.1, 0.15) is 271 Å². The number of hydrogen-bond acceptors (Lipinski definition) is 6. The highest BCUT2D eigenvalue weighted by atomic mass is 16.6. The first-order chi connectivity index (χ1) is 29.5. The zero-order chi connectivity index (χ0) is 43.7. The van der Waals surface area contributed by atoms with Gasteiger partial charge in [0.25, 0.3) is 0 Å². The summed E-state index contributed by atoms with van der Waals surface area (Å²) in [7, 11) is 0. The van der Waals surface area contributed by atoms with Crippen molar-refractivity contribution < 1.29 is 28.6 Å². The molecule has 0 amide bonds. The predicted octanol–water partition coefficient (Wildman–Crippen LogP) is 16.9. The molecule has 0 aliphatic carbocycles. The van der Waals surface area contributed by atoms with Crippen molar-refractivity contribution in [3.8, 4) is 0 Å². The molecule has 0 spiro atoms. The van der Waals surface area contributed by atoms with Gasteiger partial charge in [0.15, 0.2) is 6.10 Å². The summed E-state index contributed by atoms with van der Waals surface area (Å²) < 4.78 is 16.8. The molecule has 6 nitrogen and oxygen atoms in total. The fourth-order valence-electron chi connectivity index (χ4n) is 7.41. The maximum atomic E-state index is 12.8. The van der Waals surface area contributed by atoms with Gasteiger partial charge < -0.3 is 14.2 Å². The van der Waals surface area contributed by atoms with Gasteiger partial charge in [0.05, 0.1) is 0 Å². The summed E-state index contributed by atoms with van der Waals surface area (Å²) in [5.41, 5.74) is 0. The molecule has 6 heteroatoms. The second kappa shape index (κ2) is 49.3. The van der Waals surface area contributed by atoms with E-state index >= 15 is 0 Å². The van der Waals surface area contributed by atoms with E-state index in [1.807, 2.05) is 0 Å². The Morgan fingerprint density at radius 3 is 1.00 bits per heavy atom. The lowest BCUT2D eigenvalue weighted by molar-refractivity contribution is -0.167. The van der Waals surface area contributed by atoms with Gasteiger partial charge in [-0.3, -0.25) is 14.4 Å². The van der Waals surface area contributed by atoms with Crippen LogP contribution in [-0.2, 0) is 28.6 Å². The first-order valence-corrected chi connectivity index (χ1v) is 26.0. The minimum Gasteiger partial charge on any atom is -0.462 e. The summed E-state index contributed by atoms with van der Waals surface area (Å²) in [6.07, 6.45) is 57.0. The predicted molar refractivity (Wildman–Crippen MR) is 256 cm³/mol. The highest BCUT2D eigenvalue weighted by molar-refractivity contribution is 5.71. The number of carbonyl (C=O) groups excluding carboxylic acids is 3. The third-order valence-corrected chi connectivity index (χ3v) is 11.4.